The fourth-order valence-corrected chi connectivity index (χ4v) is 4.09. The number of benzene rings is 2. The molecule has 6 nitrogen and oxygen atoms in total. The Morgan fingerprint density at radius 2 is 1.78 bits per heavy atom. The summed E-state index contributed by atoms with van der Waals surface area (Å²) in [6, 6.07) is 13.2. The number of sulfonamides is 1. The van der Waals surface area contributed by atoms with Crippen LogP contribution >= 0.6 is 0 Å². The van der Waals surface area contributed by atoms with Crippen LogP contribution in [0.3, 0.4) is 0 Å². The molecular formula is C19H22FN3O3S. The van der Waals surface area contributed by atoms with Gasteiger partial charge in [0.05, 0.1) is 0 Å². The second-order valence-corrected chi connectivity index (χ2v) is 8.25. The van der Waals surface area contributed by atoms with Crippen LogP contribution in [-0.4, -0.2) is 40.0 Å². The lowest BCUT2D eigenvalue weighted by molar-refractivity contribution is -0.123. The summed E-state index contributed by atoms with van der Waals surface area (Å²) in [5.74, 6) is -0.940. The highest BCUT2D eigenvalue weighted by Gasteiger charge is 2.28. The van der Waals surface area contributed by atoms with Gasteiger partial charge in [0.15, 0.2) is 0 Å². The molecule has 0 spiro atoms. The molecule has 0 radical (unpaired) electrons. The molecule has 1 amide bonds. The zero-order valence-corrected chi connectivity index (χ0v) is 15.5. The van der Waals surface area contributed by atoms with E-state index >= 15 is 0 Å². The molecule has 2 aromatic rings. The second-order valence-electron chi connectivity index (χ2n) is 6.56. The molecule has 1 atom stereocenters. The van der Waals surface area contributed by atoms with E-state index in [1.807, 2.05) is 30.3 Å². The number of halogens is 1. The molecule has 0 saturated carbocycles. The van der Waals surface area contributed by atoms with Crippen molar-refractivity contribution in [2.24, 2.45) is 5.92 Å². The van der Waals surface area contributed by atoms with Gasteiger partial charge in [-0.15, -0.1) is 0 Å². The molecule has 8 heteroatoms. The molecule has 0 aromatic heterocycles. The Labute approximate surface area is 158 Å². The van der Waals surface area contributed by atoms with Crippen LogP contribution < -0.4 is 15.4 Å². The number of hydrogen-bond acceptors (Lipinski definition) is 4. The van der Waals surface area contributed by atoms with Gasteiger partial charge in [-0.05, 0) is 24.1 Å². The fraction of sp³-hybridized carbons (Fsp3) is 0.316. The first-order chi connectivity index (χ1) is 13.0. The summed E-state index contributed by atoms with van der Waals surface area (Å²) in [6.45, 7) is 2.12. The SMILES string of the molecule is O=C(NCC1CNC1)C(Cc1ccccc1)NS(=O)(=O)c1ccccc1F. The van der Waals surface area contributed by atoms with Crippen LogP contribution in [0.25, 0.3) is 0 Å². The average Bonchev–Trinajstić information content (AvgIpc) is 2.60. The second kappa shape index (κ2) is 8.60. The Kier molecular flexibility index (Phi) is 6.20. The average molecular weight is 391 g/mol. The molecule has 1 aliphatic heterocycles. The van der Waals surface area contributed by atoms with Crippen molar-refractivity contribution in [3.8, 4) is 0 Å². The van der Waals surface area contributed by atoms with Crippen molar-refractivity contribution in [1.82, 2.24) is 15.4 Å². The van der Waals surface area contributed by atoms with Crippen molar-refractivity contribution in [3.63, 3.8) is 0 Å². The maximum absolute atomic E-state index is 13.9. The van der Waals surface area contributed by atoms with Gasteiger partial charge >= 0.3 is 0 Å². The summed E-state index contributed by atoms with van der Waals surface area (Å²) < 4.78 is 41.6. The topological polar surface area (TPSA) is 87.3 Å². The summed E-state index contributed by atoms with van der Waals surface area (Å²) in [7, 11) is -4.18. The van der Waals surface area contributed by atoms with E-state index in [4.69, 9.17) is 0 Å². The Bertz CT molecular complexity index is 886. The van der Waals surface area contributed by atoms with Crippen molar-refractivity contribution in [3.05, 3.63) is 66.0 Å². The molecule has 1 fully saturated rings. The van der Waals surface area contributed by atoms with Crippen LogP contribution in [0.4, 0.5) is 4.39 Å². The van der Waals surface area contributed by atoms with E-state index in [-0.39, 0.29) is 6.42 Å². The quantitative estimate of drug-likeness (QED) is 0.628. The highest BCUT2D eigenvalue weighted by atomic mass is 32.2. The highest BCUT2D eigenvalue weighted by Crippen LogP contribution is 2.15. The molecule has 1 aliphatic rings. The maximum Gasteiger partial charge on any atom is 0.244 e. The Morgan fingerprint density at radius 3 is 2.41 bits per heavy atom. The van der Waals surface area contributed by atoms with Gasteiger partial charge in [0, 0.05) is 25.6 Å². The smallest absolute Gasteiger partial charge is 0.244 e. The number of amides is 1. The lowest BCUT2D eigenvalue weighted by Crippen LogP contribution is -2.53. The van der Waals surface area contributed by atoms with E-state index in [1.54, 1.807) is 0 Å². The normalized spacial score (nSPS) is 15.7. The summed E-state index contributed by atoms with van der Waals surface area (Å²) in [5.41, 5.74) is 0.805. The van der Waals surface area contributed by atoms with Gasteiger partial charge in [0.25, 0.3) is 0 Å². The van der Waals surface area contributed by atoms with Gasteiger partial charge < -0.3 is 10.6 Å². The van der Waals surface area contributed by atoms with Crippen molar-refractivity contribution >= 4 is 15.9 Å². The van der Waals surface area contributed by atoms with Gasteiger partial charge in [-0.25, -0.2) is 12.8 Å². The zero-order valence-electron chi connectivity index (χ0n) is 14.7. The minimum atomic E-state index is -4.18. The van der Waals surface area contributed by atoms with Gasteiger partial charge in [0.2, 0.25) is 15.9 Å². The third-order valence-electron chi connectivity index (χ3n) is 4.45. The predicted octanol–water partition coefficient (Wildman–Crippen LogP) is 1.05. The van der Waals surface area contributed by atoms with Gasteiger partial charge in [0.1, 0.15) is 16.8 Å². The summed E-state index contributed by atoms with van der Waals surface area (Å²) in [6.07, 6.45) is 0.170. The van der Waals surface area contributed by atoms with E-state index in [0.29, 0.717) is 12.5 Å². The molecule has 2 aromatic carbocycles. The molecule has 1 unspecified atom stereocenters. The van der Waals surface area contributed by atoms with E-state index in [0.717, 1.165) is 24.7 Å². The molecular weight excluding hydrogens is 369 g/mol. The molecule has 3 rings (SSSR count). The molecule has 3 N–H and O–H groups in total. The Balaban J connectivity index is 1.77. The molecule has 144 valence electrons. The minimum absolute atomic E-state index is 0.170. The summed E-state index contributed by atoms with van der Waals surface area (Å²) in [4.78, 5) is 12.2. The van der Waals surface area contributed by atoms with Gasteiger partial charge in [-0.2, -0.15) is 4.72 Å². The van der Waals surface area contributed by atoms with E-state index in [1.165, 1.54) is 18.2 Å². The number of carbonyl (C=O) groups excluding carboxylic acids is 1. The molecule has 0 bridgehead atoms. The van der Waals surface area contributed by atoms with Crippen LogP contribution in [0.15, 0.2) is 59.5 Å². The van der Waals surface area contributed by atoms with Crippen molar-refractivity contribution in [1.29, 1.82) is 0 Å². The van der Waals surface area contributed by atoms with Crippen LogP contribution in [0, 0.1) is 11.7 Å². The molecule has 0 aliphatic carbocycles. The van der Waals surface area contributed by atoms with E-state index < -0.39 is 32.7 Å². The third kappa shape index (κ3) is 5.12. The monoisotopic (exact) mass is 391 g/mol. The van der Waals surface area contributed by atoms with Crippen molar-refractivity contribution < 1.29 is 17.6 Å². The largest absolute Gasteiger partial charge is 0.354 e. The number of hydrogen-bond donors (Lipinski definition) is 3. The van der Waals surface area contributed by atoms with Gasteiger partial charge in [-0.1, -0.05) is 42.5 Å². The molecule has 27 heavy (non-hydrogen) atoms. The lowest BCUT2D eigenvalue weighted by atomic mass is 10.0. The Morgan fingerprint density at radius 1 is 1.11 bits per heavy atom. The van der Waals surface area contributed by atoms with Crippen molar-refractivity contribution in [2.45, 2.75) is 17.4 Å². The minimum Gasteiger partial charge on any atom is -0.354 e. The van der Waals surface area contributed by atoms with E-state index in [9.17, 15) is 17.6 Å². The Hall–Kier alpha value is -2.29. The molecule has 1 heterocycles. The van der Waals surface area contributed by atoms with Crippen molar-refractivity contribution in [2.75, 3.05) is 19.6 Å². The van der Waals surface area contributed by atoms with Crippen LogP contribution in [0.1, 0.15) is 5.56 Å². The number of rotatable bonds is 8. The fourth-order valence-electron chi connectivity index (χ4n) is 2.81. The predicted molar refractivity (Wildman–Crippen MR) is 100 cm³/mol. The highest BCUT2D eigenvalue weighted by molar-refractivity contribution is 7.89. The maximum atomic E-state index is 13.9. The van der Waals surface area contributed by atoms with Crippen LogP contribution in [-0.2, 0) is 21.2 Å². The number of nitrogens with one attached hydrogen (secondary N) is 3. The standard InChI is InChI=1S/C19H22FN3O3S/c20-16-8-4-5-9-18(16)27(25,26)23-17(10-14-6-2-1-3-7-14)19(24)22-13-15-11-21-12-15/h1-9,15,17,21,23H,10-13H2,(H,22,24). The lowest BCUT2D eigenvalue weighted by Gasteiger charge is -2.28. The summed E-state index contributed by atoms with van der Waals surface area (Å²) >= 11 is 0. The number of carbonyl (C=O) groups is 1. The first kappa shape index (κ1) is 19.5. The third-order valence-corrected chi connectivity index (χ3v) is 5.96. The first-order valence-electron chi connectivity index (χ1n) is 8.75. The van der Waals surface area contributed by atoms with Crippen LogP contribution in [0.2, 0.25) is 0 Å². The zero-order chi connectivity index (χ0) is 19.3. The molecule has 1 saturated heterocycles. The van der Waals surface area contributed by atoms with E-state index in [2.05, 4.69) is 15.4 Å². The first-order valence-corrected chi connectivity index (χ1v) is 10.2. The van der Waals surface area contributed by atoms with Crippen LogP contribution in [0.5, 0.6) is 0 Å². The summed E-state index contributed by atoms with van der Waals surface area (Å²) in [5, 5.41) is 5.91. The van der Waals surface area contributed by atoms with Gasteiger partial charge in [-0.3, -0.25) is 4.79 Å².